The number of anilines is 1. The van der Waals surface area contributed by atoms with Gasteiger partial charge in [0, 0.05) is 18.2 Å². The molecule has 1 nitrogen and oxygen atoms in total. The molecule has 0 amide bonds. The Morgan fingerprint density at radius 1 is 0.960 bits per heavy atom. The van der Waals surface area contributed by atoms with Crippen LogP contribution in [0.5, 0.6) is 0 Å². The SMILES string of the molecule is CCCC(C)(C)c1cccc(-c2ccc3c(c2)NCC3C(C)(C)C)c1. The first-order valence-corrected chi connectivity index (χ1v) is 9.71. The van der Waals surface area contributed by atoms with Gasteiger partial charge in [-0.25, -0.2) is 0 Å². The molecule has 25 heavy (non-hydrogen) atoms. The fraction of sp³-hybridized carbons (Fsp3) is 0.500. The van der Waals surface area contributed by atoms with E-state index in [0.29, 0.717) is 11.3 Å². The van der Waals surface area contributed by atoms with Crippen molar-refractivity contribution in [3.05, 3.63) is 53.6 Å². The molecule has 0 bridgehead atoms. The van der Waals surface area contributed by atoms with Crippen LogP contribution in [0.25, 0.3) is 11.1 Å². The lowest BCUT2D eigenvalue weighted by Crippen LogP contribution is -2.19. The van der Waals surface area contributed by atoms with E-state index in [9.17, 15) is 0 Å². The van der Waals surface area contributed by atoms with Crippen molar-refractivity contribution in [2.45, 2.75) is 65.7 Å². The van der Waals surface area contributed by atoms with Gasteiger partial charge in [-0.2, -0.15) is 0 Å². The molecule has 134 valence electrons. The predicted octanol–water partition coefficient (Wildman–Crippen LogP) is 6.99. The first kappa shape index (κ1) is 18.0. The highest BCUT2D eigenvalue weighted by Crippen LogP contribution is 2.44. The molecule has 0 radical (unpaired) electrons. The molecule has 0 saturated heterocycles. The van der Waals surface area contributed by atoms with Crippen LogP contribution in [-0.2, 0) is 5.41 Å². The van der Waals surface area contributed by atoms with Gasteiger partial charge in [0.05, 0.1) is 0 Å². The van der Waals surface area contributed by atoms with Gasteiger partial charge in [0.2, 0.25) is 0 Å². The molecule has 1 unspecified atom stereocenters. The Hall–Kier alpha value is -1.76. The Morgan fingerprint density at radius 3 is 2.36 bits per heavy atom. The quantitative estimate of drug-likeness (QED) is 0.635. The number of nitrogens with one attached hydrogen (secondary N) is 1. The Labute approximate surface area is 153 Å². The number of benzene rings is 2. The van der Waals surface area contributed by atoms with Gasteiger partial charge < -0.3 is 5.32 Å². The fourth-order valence-electron chi connectivity index (χ4n) is 4.18. The fourth-order valence-corrected chi connectivity index (χ4v) is 4.18. The van der Waals surface area contributed by atoms with Gasteiger partial charge in [0.1, 0.15) is 0 Å². The summed E-state index contributed by atoms with van der Waals surface area (Å²) < 4.78 is 0. The van der Waals surface area contributed by atoms with Crippen LogP contribution >= 0.6 is 0 Å². The highest BCUT2D eigenvalue weighted by Gasteiger charge is 2.32. The number of rotatable bonds is 4. The highest BCUT2D eigenvalue weighted by atomic mass is 14.9. The van der Waals surface area contributed by atoms with E-state index < -0.39 is 0 Å². The van der Waals surface area contributed by atoms with Crippen molar-refractivity contribution in [2.75, 3.05) is 11.9 Å². The zero-order valence-corrected chi connectivity index (χ0v) is 16.7. The Bertz CT molecular complexity index is 749. The van der Waals surface area contributed by atoms with E-state index in [1.54, 1.807) is 0 Å². The van der Waals surface area contributed by atoms with Crippen molar-refractivity contribution < 1.29 is 0 Å². The van der Waals surface area contributed by atoms with Gasteiger partial charge in [-0.15, -0.1) is 0 Å². The first-order chi connectivity index (χ1) is 11.7. The molecule has 0 aliphatic carbocycles. The zero-order chi connectivity index (χ0) is 18.2. The minimum Gasteiger partial charge on any atom is -0.384 e. The topological polar surface area (TPSA) is 12.0 Å². The maximum atomic E-state index is 3.63. The standard InChI is InChI=1S/C24H33N/c1-7-13-24(5,6)19-10-8-9-17(14-19)18-11-12-20-21(23(2,3)4)16-25-22(20)15-18/h8-12,14-15,21,25H,7,13,16H2,1-6H3. The van der Waals surface area contributed by atoms with E-state index in [-0.39, 0.29) is 5.41 Å². The summed E-state index contributed by atoms with van der Waals surface area (Å²) in [5.74, 6) is 0.589. The van der Waals surface area contributed by atoms with Gasteiger partial charge in [0.15, 0.2) is 0 Å². The molecule has 3 rings (SSSR count). The number of fused-ring (bicyclic) bond motifs is 1. The largest absolute Gasteiger partial charge is 0.384 e. The number of hydrogen-bond acceptors (Lipinski definition) is 1. The third-order valence-corrected chi connectivity index (χ3v) is 5.82. The van der Waals surface area contributed by atoms with Gasteiger partial charge >= 0.3 is 0 Å². The van der Waals surface area contributed by atoms with E-state index in [4.69, 9.17) is 0 Å². The summed E-state index contributed by atoms with van der Waals surface area (Å²) in [6.07, 6.45) is 2.43. The van der Waals surface area contributed by atoms with E-state index >= 15 is 0 Å². The van der Waals surface area contributed by atoms with Crippen LogP contribution in [0.2, 0.25) is 0 Å². The van der Waals surface area contributed by atoms with Gasteiger partial charge in [-0.05, 0) is 45.6 Å². The molecular weight excluding hydrogens is 302 g/mol. The maximum Gasteiger partial charge on any atom is 0.0382 e. The molecule has 0 spiro atoms. The Morgan fingerprint density at radius 2 is 1.68 bits per heavy atom. The van der Waals surface area contributed by atoms with E-state index in [2.05, 4.69) is 89.3 Å². The lowest BCUT2D eigenvalue weighted by atomic mass is 9.77. The molecule has 0 fully saturated rings. The highest BCUT2D eigenvalue weighted by molar-refractivity contribution is 5.72. The Kier molecular flexibility index (Phi) is 4.70. The average Bonchev–Trinajstić information content (AvgIpc) is 2.98. The second kappa shape index (κ2) is 6.52. The van der Waals surface area contributed by atoms with E-state index in [0.717, 1.165) is 6.54 Å². The second-order valence-electron chi connectivity index (χ2n) is 9.32. The van der Waals surface area contributed by atoms with Crippen LogP contribution in [0, 0.1) is 5.41 Å². The van der Waals surface area contributed by atoms with Crippen molar-refractivity contribution in [2.24, 2.45) is 5.41 Å². The van der Waals surface area contributed by atoms with Crippen molar-refractivity contribution in [1.29, 1.82) is 0 Å². The van der Waals surface area contributed by atoms with Crippen LogP contribution in [0.1, 0.15) is 71.4 Å². The molecule has 0 aromatic heterocycles. The first-order valence-electron chi connectivity index (χ1n) is 9.71. The minimum absolute atomic E-state index is 0.233. The van der Waals surface area contributed by atoms with Crippen LogP contribution in [0.3, 0.4) is 0 Å². The monoisotopic (exact) mass is 335 g/mol. The van der Waals surface area contributed by atoms with Crippen molar-refractivity contribution in [3.63, 3.8) is 0 Å². The van der Waals surface area contributed by atoms with Gasteiger partial charge in [-0.1, -0.05) is 84.4 Å². The molecule has 1 aliphatic heterocycles. The van der Waals surface area contributed by atoms with Crippen molar-refractivity contribution in [1.82, 2.24) is 0 Å². The second-order valence-corrected chi connectivity index (χ2v) is 9.32. The summed E-state index contributed by atoms with van der Waals surface area (Å²) in [5.41, 5.74) is 7.39. The molecule has 1 N–H and O–H groups in total. The molecular formula is C24H33N. The average molecular weight is 336 g/mol. The maximum absolute atomic E-state index is 3.63. The summed E-state index contributed by atoms with van der Waals surface area (Å²) in [6.45, 7) is 15.0. The normalized spacial score (nSPS) is 17.3. The third kappa shape index (κ3) is 3.61. The van der Waals surface area contributed by atoms with E-state index in [1.165, 1.54) is 40.8 Å². The van der Waals surface area contributed by atoms with E-state index in [1.807, 2.05) is 0 Å². The smallest absolute Gasteiger partial charge is 0.0382 e. The van der Waals surface area contributed by atoms with Crippen LogP contribution in [0.4, 0.5) is 5.69 Å². The van der Waals surface area contributed by atoms with Crippen LogP contribution < -0.4 is 5.32 Å². The van der Waals surface area contributed by atoms with Crippen LogP contribution in [0.15, 0.2) is 42.5 Å². The lowest BCUT2D eigenvalue weighted by Gasteiger charge is -2.27. The molecule has 2 aromatic rings. The minimum atomic E-state index is 0.233. The summed E-state index contributed by atoms with van der Waals surface area (Å²) in [5, 5.41) is 3.63. The van der Waals surface area contributed by atoms with Gasteiger partial charge in [0.25, 0.3) is 0 Å². The predicted molar refractivity (Wildman–Crippen MR) is 110 cm³/mol. The zero-order valence-electron chi connectivity index (χ0n) is 16.7. The molecule has 1 heterocycles. The number of hydrogen-bond donors (Lipinski definition) is 1. The Balaban J connectivity index is 1.94. The molecule has 1 heteroatoms. The summed E-state index contributed by atoms with van der Waals surface area (Å²) in [7, 11) is 0. The molecule has 2 aromatic carbocycles. The third-order valence-electron chi connectivity index (χ3n) is 5.82. The summed E-state index contributed by atoms with van der Waals surface area (Å²) in [6, 6.07) is 16.1. The lowest BCUT2D eigenvalue weighted by molar-refractivity contribution is 0.339. The van der Waals surface area contributed by atoms with Crippen molar-refractivity contribution in [3.8, 4) is 11.1 Å². The molecule has 1 aliphatic rings. The summed E-state index contributed by atoms with van der Waals surface area (Å²) >= 11 is 0. The molecule has 0 saturated carbocycles. The summed E-state index contributed by atoms with van der Waals surface area (Å²) in [4.78, 5) is 0. The van der Waals surface area contributed by atoms with Gasteiger partial charge in [-0.3, -0.25) is 0 Å². The van der Waals surface area contributed by atoms with Crippen LogP contribution in [-0.4, -0.2) is 6.54 Å². The molecule has 1 atom stereocenters. The van der Waals surface area contributed by atoms with Crippen molar-refractivity contribution >= 4 is 5.69 Å².